The molecule has 0 saturated carbocycles. The molecule has 1 heterocycles. The maximum Gasteiger partial charge on any atom is 0.0639 e. The quantitative estimate of drug-likeness (QED) is 0.649. The van der Waals surface area contributed by atoms with E-state index < -0.39 is 0 Å². The number of β-amino-alcohol motifs (C(OH)–C–C–N with tert-alkyl or cyclic N) is 1. The number of piperidine rings is 1. The molecule has 0 unspecified atom stereocenters. The molecule has 1 aliphatic heterocycles. The molecule has 0 radical (unpaired) electrons. The van der Waals surface area contributed by atoms with Crippen LogP contribution in [0.5, 0.6) is 0 Å². The van der Waals surface area contributed by atoms with Crippen molar-refractivity contribution < 1.29 is 5.11 Å². The molecule has 2 atom stereocenters. The molecule has 66 valence electrons. The van der Waals surface area contributed by atoms with Crippen LogP contribution in [0, 0.1) is 5.92 Å². The zero-order valence-corrected chi connectivity index (χ0v) is 7.58. The fraction of sp³-hybridized carbons (Fsp3) is 1.00. The van der Waals surface area contributed by atoms with Crippen LogP contribution >= 0.6 is 0 Å². The van der Waals surface area contributed by atoms with Crippen LogP contribution in [0.3, 0.4) is 0 Å². The van der Waals surface area contributed by atoms with E-state index in [1.54, 1.807) is 0 Å². The highest BCUT2D eigenvalue weighted by Crippen LogP contribution is 2.15. The summed E-state index contributed by atoms with van der Waals surface area (Å²) in [4.78, 5) is 2.36. The van der Waals surface area contributed by atoms with E-state index in [0.29, 0.717) is 0 Å². The summed E-state index contributed by atoms with van der Waals surface area (Å²) < 4.78 is 0. The lowest BCUT2D eigenvalue weighted by Gasteiger charge is -2.31. The Morgan fingerprint density at radius 3 is 2.91 bits per heavy atom. The van der Waals surface area contributed by atoms with Crippen LogP contribution in [-0.4, -0.2) is 35.7 Å². The minimum Gasteiger partial charge on any atom is -0.392 e. The first kappa shape index (κ1) is 9.01. The topological polar surface area (TPSA) is 23.5 Å². The second-order valence-corrected chi connectivity index (χ2v) is 3.86. The van der Waals surface area contributed by atoms with Crippen LogP contribution in [0.15, 0.2) is 0 Å². The molecule has 0 aromatic heterocycles. The summed E-state index contributed by atoms with van der Waals surface area (Å²) in [6.45, 7) is 7.35. The van der Waals surface area contributed by atoms with Gasteiger partial charge >= 0.3 is 0 Å². The number of hydrogen-bond donors (Lipinski definition) is 1. The largest absolute Gasteiger partial charge is 0.392 e. The van der Waals surface area contributed by atoms with Gasteiger partial charge in [0.15, 0.2) is 0 Å². The highest BCUT2D eigenvalue weighted by molar-refractivity contribution is 4.70. The van der Waals surface area contributed by atoms with Gasteiger partial charge in [0, 0.05) is 13.1 Å². The maximum atomic E-state index is 9.15. The molecule has 1 rings (SSSR count). The monoisotopic (exact) mass is 157 g/mol. The van der Waals surface area contributed by atoms with Crippen molar-refractivity contribution in [3.8, 4) is 0 Å². The summed E-state index contributed by atoms with van der Waals surface area (Å²) in [6, 6.07) is 0. The van der Waals surface area contributed by atoms with Gasteiger partial charge in [-0.3, -0.25) is 0 Å². The van der Waals surface area contributed by atoms with Gasteiger partial charge in [-0.1, -0.05) is 6.92 Å². The molecule has 1 aliphatic rings. The molecule has 1 N–H and O–H groups in total. The standard InChI is InChI=1S/C9H19NO/c1-8-4-3-5-10(6-8)7-9(2)11/h8-9,11H,3-7H2,1-2H3/t8-,9+/m1/s1. The van der Waals surface area contributed by atoms with Crippen molar-refractivity contribution in [3.05, 3.63) is 0 Å². The number of aliphatic hydroxyl groups excluding tert-OH is 1. The molecule has 2 nitrogen and oxygen atoms in total. The molecule has 1 fully saturated rings. The summed E-state index contributed by atoms with van der Waals surface area (Å²) in [6.07, 6.45) is 2.49. The Bertz CT molecular complexity index is 112. The molecular weight excluding hydrogens is 138 g/mol. The molecule has 0 aromatic carbocycles. The van der Waals surface area contributed by atoms with E-state index in [1.807, 2.05) is 6.92 Å². The Labute approximate surface area is 69.2 Å². The Balaban J connectivity index is 2.23. The van der Waals surface area contributed by atoms with Crippen molar-refractivity contribution in [2.75, 3.05) is 19.6 Å². The minimum absolute atomic E-state index is 0.166. The van der Waals surface area contributed by atoms with Crippen LogP contribution in [-0.2, 0) is 0 Å². The normalized spacial score (nSPS) is 30.3. The van der Waals surface area contributed by atoms with Crippen LogP contribution in [0.4, 0.5) is 0 Å². The maximum absolute atomic E-state index is 9.15. The third kappa shape index (κ3) is 3.21. The van der Waals surface area contributed by atoms with Crippen molar-refractivity contribution in [3.63, 3.8) is 0 Å². The van der Waals surface area contributed by atoms with Gasteiger partial charge in [-0.2, -0.15) is 0 Å². The minimum atomic E-state index is -0.166. The smallest absolute Gasteiger partial charge is 0.0639 e. The zero-order valence-electron chi connectivity index (χ0n) is 7.58. The summed E-state index contributed by atoms with van der Waals surface area (Å²) in [7, 11) is 0. The second kappa shape index (κ2) is 4.07. The molecule has 2 heteroatoms. The molecule has 0 amide bonds. The van der Waals surface area contributed by atoms with Gasteiger partial charge < -0.3 is 10.0 Å². The van der Waals surface area contributed by atoms with Gasteiger partial charge in [-0.25, -0.2) is 0 Å². The van der Waals surface area contributed by atoms with Gasteiger partial charge in [-0.05, 0) is 32.2 Å². The molecule has 0 aromatic rings. The average molecular weight is 157 g/mol. The van der Waals surface area contributed by atoms with Gasteiger partial charge in [0.05, 0.1) is 6.10 Å². The molecule has 1 saturated heterocycles. The number of likely N-dealkylation sites (tertiary alicyclic amines) is 1. The number of hydrogen-bond acceptors (Lipinski definition) is 2. The van der Waals surface area contributed by atoms with Crippen molar-refractivity contribution in [2.24, 2.45) is 5.92 Å². The van der Waals surface area contributed by atoms with Crippen LogP contribution in [0.2, 0.25) is 0 Å². The highest BCUT2D eigenvalue weighted by atomic mass is 16.3. The van der Waals surface area contributed by atoms with Gasteiger partial charge in [0.25, 0.3) is 0 Å². The van der Waals surface area contributed by atoms with E-state index >= 15 is 0 Å². The van der Waals surface area contributed by atoms with Crippen LogP contribution in [0.25, 0.3) is 0 Å². The molecule has 0 aliphatic carbocycles. The lowest BCUT2D eigenvalue weighted by atomic mass is 10.0. The Morgan fingerprint density at radius 2 is 2.36 bits per heavy atom. The number of aliphatic hydroxyl groups is 1. The third-order valence-electron chi connectivity index (χ3n) is 2.26. The van der Waals surface area contributed by atoms with Crippen molar-refractivity contribution in [1.29, 1.82) is 0 Å². The Morgan fingerprint density at radius 1 is 1.64 bits per heavy atom. The van der Waals surface area contributed by atoms with E-state index in [-0.39, 0.29) is 6.10 Å². The molecule has 11 heavy (non-hydrogen) atoms. The molecule has 0 spiro atoms. The molecule has 0 bridgehead atoms. The van der Waals surface area contributed by atoms with E-state index in [9.17, 15) is 0 Å². The van der Waals surface area contributed by atoms with Crippen molar-refractivity contribution >= 4 is 0 Å². The number of rotatable bonds is 2. The van der Waals surface area contributed by atoms with Gasteiger partial charge in [0.2, 0.25) is 0 Å². The fourth-order valence-electron chi connectivity index (χ4n) is 1.83. The van der Waals surface area contributed by atoms with E-state index in [4.69, 9.17) is 5.11 Å². The van der Waals surface area contributed by atoms with E-state index in [1.165, 1.54) is 25.9 Å². The first-order valence-corrected chi connectivity index (χ1v) is 4.59. The first-order valence-electron chi connectivity index (χ1n) is 4.59. The van der Waals surface area contributed by atoms with Crippen molar-refractivity contribution in [2.45, 2.75) is 32.8 Å². The summed E-state index contributed by atoms with van der Waals surface area (Å²) in [5, 5.41) is 9.15. The van der Waals surface area contributed by atoms with E-state index in [2.05, 4.69) is 11.8 Å². The van der Waals surface area contributed by atoms with Gasteiger partial charge in [-0.15, -0.1) is 0 Å². The van der Waals surface area contributed by atoms with E-state index in [0.717, 1.165) is 12.5 Å². The highest BCUT2D eigenvalue weighted by Gasteiger charge is 2.16. The van der Waals surface area contributed by atoms with Gasteiger partial charge in [0.1, 0.15) is 0 Å². The third-order valence-corrected chi connectivity index (χ3v) is 2.26. The van der Waals surface area contributed by atoms with Crippen molar-refractivity contribution in [1.82, 2.24) is 4.90 Å². The zero-order chi connectivity index (χ0) is 8.27. The SMILES string of the molecule is C[C@@H]1CCCN(C[C@H](C)O)C1. The fourth-order valence-corrected chi connectivity index (χ4v) is 1.83. The second-order valence-electron chi connectivity index (χ2n) is 3.86. The van der Waals surface area contributed by atoms with Crippen LogP contribution in [0.1, 0.15) is 26.7 Å². The first-order chi connectivity index (χ1) is 5.18. The predicted octanol–water partition coefficient (Wildman–Crippen LogP) is 1.10. The average Bonchev–Trinajstić information content (AvgIpc) is 1.85. The lowest BCUT2D eigenvalue weighted by Crippen LogP contribution is -2.38. The molecular formula is C9H19NO. The van der Waals surface area contributed by atoms with Crippen LogP contribution < -0.4 is 0 Å². The predicted molar refractivity (Wildman–Crippen MR) is 46.5 cm³/mol. The summed E-state index contributed by atoms with van der Waals surface area (Å²) in [5.74, 6) is 0.822. The number of nitrogens with zero attached hydrogens (tertiary/aromatic N) is 1. The Hall–Kier alpha value is -0.0800. The lowest BCUT2D eigenvalue weighted by molar-refractivity contribution is 0.0984. The Kier molecular flexibility index (Phi) is 3.34. The summed E-state index contributed by atoms with van der Waals surface area (Å²) in [5.41, 5.74) is 0. The summed E-state index contributed by atoms with van der Waals surface area (Å²) >= 11 is 0.